The summed E-state index contributed by atoms with van der Waals surface area (Å²) >= 11 is 0. The van der Waals surface area contributed by atoms with Gasteiger partial charge in [0.1, 0.15) is 0 Å². The van der Waals surface area contributed by atoms with Crippen molar-refractivity contribution in [2.45, 2.75) is 31.9 Å². The van der Waals surface area contributed by atoms with Crippen LogP contribution in [0.25, 0.3) is 5.65 Å². The van der Waals surface area contributed by atoms with Gasteiger partial charge in [0.25, 0.3) is 0 Å². The largest absolute Gasteiger partial charge is 0.377 e. The van der Waals surface area contributed by atoms with Gasteiger partial charge in [-0.05, 0) is 31.4 Å². The maximum atomic E-state index is 12.1. The van der Waals surface area contributed by atoms with Crippen LogP contribution in [0.4, 0.5) is 0 Å². The summed E-state index contributed by atoms with van der Waals surface area (Å²) in [6, 6.07) is 5.68. The highest BCUT2D eigenvalue weighted by molar-refractivity contribution is 7.89. The minimum absolute atomic E-state index is 0.0242. The molecule has 0 radical (unpaired) electrons. The van der Waals surface area contributed by atoms with E-state index >= 15 is 0 Å². The first-order valence-corrected chi connectivity index (χ1v) is 11.0. The number of ether oxygens (including phenoxy) is 1. The summed E-state index contributed by atoms with van der Waals surface area (Å²) in [7, 11) is -1.74. The standard InChI is InChI=1S/C17H27N7O3S/c1-18-17(20-13-16-23-22-15-7-2-4-9-24(15)16)19-8-11-28(25,26)21-12-14-6-3-5-10-27-14/h2,4,7,9,14,21H,3,5-6,8,10-13H2,1H3,(H2,18,19,20). The van der Waals surface area contributed by atoms with Crippen LogP contribution < -0.4 is 15.4 Å². The van der Waals surface area contributed by atoms with Gasteiger partial charge in [0, 0.05) is 32.9 Å². The van der Waals surface area contributed by atoms with Crippen molar-refractivity contribution in [3.8, 4) is 0 Å². The molecule has 1 saturated heterocycles. The van der Waals surface area contributed by atoms with Gasteiger partial charge in [-0.1, -0.05) is 6.07 Å². The summed E-state index contributed by atoms with van der Waals surface area (Å²) in [6.45, 7) is 1.68. The van der Waals surface area contributed by atoms with Crippen LogP contribution in [0.1, 0.15) is 25.1 Å². The summed E-state index contributed by atoms with van der Waals surface area (Å²) in [4.78, 5) is 4.11. The molecule has 0 aliphatic carbocycles. The molecule has 3 heterocycles. The van der Waals surface area contributed by atoms with Crippen molar-refractivity contribution >= 4 is 21.6 Å². The molecular formula is C17H27N7O3S. The smallest absolute Gasteiger partial charge is 0.213 e. The third-order valence-electron chi connectivity index (χ3n) is 4.49. The normalized spacial score (nSPS) is 18.3. The molecule has 10 nitrogen and oxygen atoms in total. The Kier molecular flexibility index (Phi) is 7.18. The van der Waals surface area contributed by atoms with E-state index in [9.17, 15) is 8.42 Å². The lowest BCUT2D eigenvalue weighted by molar-refractivity contribution is 0.0200. The van der Waals surface area contributed by atoms with Crippen LogP contribution in [0.3, 0.4) is 0 Å². The molecule has 2 aromatic heterocycles. The number of nitrogens with zero attached hydrogens (tertiary/aromatic N) is 4. The molecular weight excluding hydrogens is 382 g/mol. The predicted octanol–water partition coefficient (Wildman–Crippen LogP) is -0.117. The van der Waals surface area contributed by atoms with Crippen molar-refractivity contribution in [1.29, 1.82) is 0 Å². The van der Waals surface area contributed by atoms with Crippen LogP contribution in [0.15, 0.2) is 29.4 Å². The Morgan fingerprint density at radius 3 is 3.00 bits per heavy atom. The third kappa shape index (κ3) is 5.88. The monoisotopic (exact) mass is 409 g/mol. The Bertz CT molecular complexity index is 891. The van der Waals surface area contributed by atoms with Gasteiger partial charge in [-0.3, -0.25) is 9.39 Å². The molecule has 1 unspecified atom stereocenters. The van der Waals surface area contributed by atoms with E-state index in [1.807, 2.05) is 28.8 Å². The summed E-state index contributed by atoms with van der Waals surface area (Å²) in [6.07, 6.45) is 4.89. The number of pyridine rings is 1. The lowest BCUT2D eigenvalue weighted by atomic mass is 10.1. The number of aromatic nitrogens is 3. The Morgan fingerprint density at radius 2 is 2.21 bits per heavy atom. The second-order valence-electron chi connectivity index (χ2n) is 6.55. The number of fused-ring (bicyclic) bond motifs is 1. The van der Waals surface area contributed by atoms with Crippen LogP contribution in [-0.4, -0.2) is 67.6 Å². The van der Waals surface area contributed by atoms with E-state index in [0.29, 0.717) is 25.7 Å². The number of aliphatic imine (C=N–C) groups is 1. The zero-order valence-corrected chi connectivity index (χ0v) is 16.8. The fourth-order valence-corrected chi connectivity index (χ4v) is 3.91. The van der Waals surface area contributed by atoms with Crippen molar-refractivity contribution in [3.63, 3.8) is 0 Å². The Labute approximate surface area is 164 Å². The van der Waals surface area contributed by atoms with Crippen LogP contribution >= 0.6 is 0 Å². The summed E-state index contributed by atoms with van der Waals surface area (Å²) < 4.78 is 34.3. The molecule has 2 aromatic rings. The lowest BCUT2D eigenvalue weighted by Crippen LogP contribution is -2.42. The van der Waals surface area contributed by atoms with Crippen LogP contribution in [0, 0.1) is 0 Å². The minimum atomic E-state index is -3.37. The highest BCUT2D eigenvalue weighted by Gasteiger charge is 2.17. The van der Waals surface area contributed by atoms with E-state index in [4.69, 9.17) is 4.74 Å². The fraction of sp³-hybridized carbons (Fsp3) is 0.588. The van der Waals surface area contributed by atoms with Gasteiger partial charge in [0.05, 0.1) is 18.4 Å². The fourth-order valence-electron chi connectivity index (χ4n) is 2.96. The van der Waals surface area contributed by atoms with Crippen molar-refractivity contribution in [3.05, 3.63) is 30.2 Å². The van der Waals surface area contributed by atoms with Crippen molar-refractivity contribution in [1.82, 2.24) is 30.0 Å². The highest BCUT2D eigenvalue weighted by atomic mass is 32.2. The van der Waals surface area contributed by atoms with Gasteiger partial charge in [-0.15, -0.1) is 10.2 Å². The van der Waals surface area contributed by atoms with Gasteiger partial charge in [0.15, 0.2) is 17.4 Å². The molecule has 3 N–H and O–H groups in total. The highest BCUT2D eigenvalue weighted by Crippen LogP contribution is 2.11. The van der Waals surface area contributed by atoms with Gasteiger partial charge in [-0.2, -0.15) is 0 Å². The minimum Gasteiger partial charge on any atom is -0.377 e. The zero-order chi connectivity index (χ0) is 19.8. The third-order valence-corrected chi connectivity index (χ3v) is 5.84. The maximum absolute atomic E-state index is 12.1. The first kappa shape index (κ1) is 20.5. The quantitative estimate of drug-likeness (QED) is 0.410. The molecule has 0 amide bonds. The number of rotatable bonds is 8. The molecule has 154 valence electrons. The molecule has 11 heteroatoms. The van der Waals surface area contributed by atoms with E-state index in [-0.39, 0.29) is 18.4 Å². The maximum Gasteiger partial charge on any atom is 0.213 e. The van der Waals surface area contributed by atoms with Crippen molar-refractivity contribution in [2.24, 2.45) is 4.99 Å². The second kappa shape index (κ2) is 9.80. The molecule has 1 fully saturated rings. The van der Waals surface area contributed by atoms with E-state index < -0.39 is 10.0 Å². The summed E-state index contributed by atoms with van der Waals surface area (Å²) in [5.74, 6) is 1.19. The molecule has 1 atom stereocenters. The van der Waals surface area contributed by atoms with E-state index in [1.54, 1.807) is 7.05 Å². The lowest BCUT2D eigenvalue weighted by Gasteiger charge is -2.22. The number of sulfonamides is 1. The SMILES string of the molecule is CN=C(NCCS(=O)(=O)NCC1CCCCO1)NCc1nnc2ccccn12. The molecule has 0 spiro atoms. The van der Waals surface area contributed by atoms with Gasteiger partial charge in [0.2, 0.25) is 10.0 Å². The molecule has 1 aliphatic heterocycles. The van der Waals surface area contributed by atoms with Gasteiger partial charge >= 0.3 is 0 Å². The first-order valence-electron chi connectivity index (χ1n) is 9.39. The van der Waals surface area contributed by atoms with Crippen LogP contribution in [-0.2, 0) is 21.3 Å². The predicted molar refractivity (Wildman–Crippen MR) is 107 cm³/mol. The van der Waals surface area contributed by atoms with E-state index in [2.05, 4.69) is 30.5 Å². The van der Waals surface area contributed by atoms with Crippen molar-refractivity contribution < 1.29 is 13.2 Å². The topological polar surface area (TPSA) is 122 Å². The van der Waals surface area contributed by atoms with Gasteiger partial charge in [-0.25, -0.2) is 13.1 Å². The van der Waals surface area contributed by atoms with Crippen LogP contribution in [0.5, 0.6) is 0 Å². The Morgan fingerprint density at radius 1 is 1.32 bits per heavy atom. The zero-order valence-electron chi connectivity index (χ0n) is 16.0. The number of nitrogens with one attached hydrogen (secondary N) is 3. The first-order chi connectivity index (χ1) is 13.6. The Balaban J connectivity index is 1.41. The molecule has 0 saturated carbocycles. The number of guanidine groups is 1. The van der Waals surface area contributed by atoms with Crippen molar-refractivity contribution in [2.75, 3.05) is 32.5 Å². The molecule has 28 heavy (non-hydrogen) atoms. The molecule has 1 aliphatic rings. The average molecular weight is 410 g/mol. The van der Waals surface area contributed by atoms with Gasteiger partial charge < -0.3 is 15.4 Å². The molecule has 0 bridgehead atoms. The Hall–Kier alpha value is -2.24. The van der Waals surface area contributed by atoms with Crippen LogP contribution in [0.2, 0.25) is 0 Å². The number of hydrogen-bond acceptors (Lipinski definition) is 6. The average Bonchev–Trinajstić information content (AvgIpc) is 3.13. The second-order valence-corrected chi connectivity index (χ2v) is 8.48. The van der Waals surface area contributed by atoms with E-state index in [1.165, 1.54) is 0 Å². The number of hydrogen-bond donors (Lipinski definition) is 3. The molecule has 3 rings (SSSR count). The summed E-state index contributed by atoms with van der Waals surface area (Å²) in [5.41, 5.74) is 0.765. The summed E-state index contributed by atoms with van der Waals surface area (Å²) in [5, 5.41) is 14.3. The van der Waals surface area contributed by atoms with E-state index in [0.717, 1.165) is 30.7 Å². The molecule has 0 aromatic carbocycles.